The Balaban J connectivity index is 0.997. The summed E-state index contributed by atoms with van der Waals surface area (Å²) in [7, 11) is 0. The summed E-state index contributed by atoms with van der Waals surface area (Å²) >= 11 is 0. The van der Waals surface area contributed by atoms with E-state index in [0.717, 1.165) is 89.0 Å². The summed E-state index contributed by atoms with van der Waals surface area (Å²) in [6.07, 6.45) is 15.0. The van der Waals surface area contributed by atoms with E-state index in [4.69, 9.17) is 0 Å². The third-order valence-electron chi connectivity index (χ3n) is 11.0. The molecule has 4 heterocycles. The maximum absolute atomic E-state index is 4.58. The number of hydrogen-bond acceptors (Lipinski definition) is 4. The van der Waals surface area contributed by atoms with Crippen LogP contribution in [-0.4, -0.2) is 19.9 Å². The molecule has 0 spiro atoms. The molecule has 4 heteroatoms. The van der Waals surface area contributed by atoms with Gasteiger partial charge < -0.3 is 0 Å². The summed E-state index contributed by atoms with van der Waals surface area (Å²) in [5.41, 5.74) is 20.1. The van der Waals surface area contributed by atoms with Crippen molar-refractivity contribution in [3.05, 3.63) is 232 Å². The molecule has 0 atom stereocenters. The number of aromatic nitrogens is 4. The molecule has 60 heavy (non-hydrogen) atoms. The first-order chi connectivity index (χ1) is 29.7. The molecule has 0 aliphatic carbocycles. The predicted molar refractivity (Wildman–Crippen MR) is 247 cm³/mol. The fourth-order valence-corrected chi connectivity index (χ4v) is 7.85. The number of hydrogen-bond donors (Lipinski definition) is 0. The van der Waals surface area contributed by atoms with Gasteiger partial charge >= 0.3 is 0 Å². The molecular weight excluding hydrogens is 729 g/mol. The Morgan fingerprint density at radius 2 is 0.417 bits per heavy atom. The number of pyridine rings is 4. The zero-order valence-electron chi connectivity index (χ0n) is 32.7. The van der Waals surface area contributed by atoms with Crippen molar-refractivity contribution in [2.45, 2.75) is 0 Å². The van der Waals surface area contributed by atoms with Gasteiger partial charge in [0.2, 0.25) is 0 Å². The van der Waals surface area contributed by atoms with Crippen LogP contribution in [0.3, 0.4) is 0 Å². The van der Waals surface area contributed by atoms with Crippen molar-refractivity contribution in [2.24, 2.45) is 0 Å². The first-order valence-electron chi connectivity index (χ1n) is 20.0. The van der Waals surface area contributed by atoms with Crippen molar-refractivity contribution in [3.63, 3.8) is 0 Å². The highest BCUT2D eigenvalue weighted by Gasteiger charge is 2.12. The normalized spacial score (nSPS) is 11.0. The molecule has 0 fully saturated rings. The van der Waals surface area contributed by atoms with Gasteiger partial charge in [0.15, 0.2) is 0 Å². The van der Waals surface area contributed by atoms with E-state index in [2.05, 4.69) is 190 Å². The minimum Gasteiger partial charge on any atom is -0.264 e. The molecule has 0 radical (unpaired) electrons. The van der Waals surface area contributed by atoms with Crippen LogP contribution in [0.5, 0.6) is 0 Å². The van der Waals surface area contributed by atoms with Gasteiger partial charge in [-0.1, -0.05) is 115 Å². The van der Waals surface area contributed by atoms with Crippen LogP contribution >= 0.6 is 0 Å². The van der Waals surface area contributed by atoms with Crippen LogP contribution in [0.4, 0.5) is 0 Å². The van der Waals surface area contributed by atoms with E-state index in [1.54, 1.807) is 12.4 Å². The monoisotopic (exact) mass is 766 g/mol. The summed E-state index contributed by atoms with van der Waals surface area (Å²) < 4.78 is 0. The maximum Gasteiger partial charge on any atom is 0.0347 e. The zero-order valence-corrected chi connectivity index (χ0v) is 32.7. The Morgan fingerprint density at radius 1 is 0.167 bits per heavy atom. The van der Waals surface area contributed by atoms with Crippen LogP contribution < -0.4 is 0 Å². The van der Waals surface area contributed by atoms with Crippen LogP contribution in [0.2, 0.25) is 0 Å². The minimum atomic E-state index is 1.04. The highest BCUT2D eigenvalue weighted by molar-refractivity contribution is 5.85. The van der Waals surface area contributed by atoms with E-state index in [0.29, 0.717) is 0 Å². The first-order valence-corrected chi connectivity index (χ1v) is 20.0. The third kappa shape index (κ3) is 7.78. The highest BCUT2D eigenvalue weighted by Crippen LogP contribution is 2.37. The average Bonchev–Trinajstić information content (AvgIpc) is 3.35. The lowest BCUT2D eigenvalue weighted by Crippen LogP contribution is -1.89. The summed E-state index contributed by atoms with van der Waals surface area (Å²) in [4.78, 5) is 17.8. The second-order valence-corrected chi connectivity index (χ2v) is 14.9. The van der Waals surface area contributed by atoms with Gasteiger partial charge in [-0.2, -0.15) is 0 Å². The van der Waals surface area contributed by atoms with Crippen molar-refractivity contribution in [3.8, 4) is 100 Å². The molecule has 0 unspecified atom stereocenters. The van der Waals surface area contributed by atoms with Crippen LogP contribution in [0.25, 0.3) is 100 Å². The van der Waals surface area contributed by atoms with E-state index in [-0.39, 0.29) is 0 Å². The van der Waals surface area contributed by atoms with E-state index >= 15 is 0 Å². The molecule has 0 saturated carbocycles. The van der Waals surface area contributed by atoms with Gasteiger partial charge in [0.05, 0.1) is 0 Å². The lowest BCUT2D eigenvalue weighted by atomic mass is 9.90. The van der Waals surface area contributed by atoms with Gasteiger partial charge in [0.1, 0.15) is 0 Å². The molecule has 10 rings (SSSR count). The van der Waals surface area contributed by atoms with Crippen LogP contribution in [0.1, 0.15) is 0 Å². The van der Waals surface area contributed by atoms with Crippen LogP contribution in [-0.2, 0) is 0 Å². The SMILES string of the molecule is c1ccc(-c2cc(-c3cccc(-c4cccc(-c5cncc(-c6cccnc6)c5)c4)c3)cc(-c3cccc(-c4cccc(-c5cncc(-c6cccnc6)c5)c4)c3)c2)cc1. The number of rotatable bonds is 9. The van der Waals surface area contributed by atoms with Gasteiger partial charge in [0.25, 0.3) is 0 Å². The summed E-state index contributed by atoms with van der Waals surface area (Å²) in [6, 6.07) is 65.1. The average molecular weight is 767 g/mol. The Bertz CT molecular complexity index is 2900. The van der Waals surface area contributed by atoms with Crippen molar-refractivity contribution in [1.29, 1.82) is 0 Å². The van der Waals surface area contributed by atoms with Crippen molar-refractivity contribution >= 4 is 0 Å². The van der Waals surface area contributed by atoms with Gasteiger partial charge in [-0.15, -0.1) is 0 Å². The smallest absolute Gasteiger partial charge is 0.0347 e. The van der Waals surface area contributed by atoms with Gasteiger partial charge in [-0.3, -0.25) is 19.9 Å². The molecule has 0 saturated heterocycles. The molecule has 10 aromatic rings. The van der Waals surface area contributed by atoms with Crippen molar-refractivity contribution in [2.75, 3.05) is 0 Å². The topological polar surface area (TPSA) is 51.6 Å². The predicted octanol–water partition coefficient (Wildman–Crippen LogP) is 14.3. The molecule has 0 aliphatic heterocycles. The van der Waals surface area contributed by atoms with E-state index in [1.807, 2.05) is 49.3 Å². The lowest BCUT2D eigenvalue weighted by Gasteiger charge is -2.14. The van der Waals surface area contributed by atoms with Crippen LogP contribution in [0, 0.1) is 0 Å². The quantitative estimate of drug-likeness (QED) is 0.147. The van der Waals surface area contributed by atoms with Gasteiger partial charge in [0, 0.05) is 83.0 Å². The number of benzene rings is 6. The Labute approximate surface area is 350 Å². The molecular formula is C56H38N4. The molecule has 6 aromatic carbocycles. The Kier molecular flexibility index (Phi) is 9.92. The van der Waals surface area contributed by atoms with E-state index in [1.165, 1.54) is 11.1 Å². The maximum atomic E-state index is 4.58. The van der Waals surface area contributed by atoms with Crippen molar-refractivity contribution < 1.29 is 0 Å². The summed E-state index contributed by atoms with van der Waals surface area (Å²) in [5, 5.41) is 0. The Morgan fingerprint density at radius 3 is 0.783 bits per heavy atom. The second-order valence-electron chi connectivity index (χ2n) is 14.9. The van der Waals surface area contributed by atoms with E-state index < -0.39 is 0 Å². The fourth-order valence-electron chi connectivity index (χ4n) is 7.85. The molecule has 0 N–H and O–H groups in total. The zero-order chi connectivity index (χ0) is 40.1. The fraction of sp³-hybridized carbons (Fsp3) is 0. The van der Waals surface area contributed by atoms with Gasteiger partial charge in [-0.05, 0) is 133 Å². The summed E-state index contributed by atoms with van der Waals surface area (Å²) in [6.45, 7) is 0. The number of nitrogens with zero attached hydrogens (tertiary/aromatic N) is 4. The molecule has 4 aromatic heterocycles. The third-order valence-corrected chi connectivity index (χ3v) is 11.0. The van der Waals surface area contributed by atoms with E-state index in [9.17, 15) is 0 Å². The molecule has 0 bridgehead atoms. The standard InChI is InChI=1S/C56H38N4/c1-2-10-39(11-3-1)50-28-51(44-16-4-12-40(24-44)42-14-6-18-46(26-42)53-31-55(37-59-35-53)48-20-8-22-57-33-48)30-52(29-50)45-17-5-13-41(25-45)43-15-7-19-47(27-43)54-32-56(38-60-36-54)49-21-9-23-58-34-49/h1-38H. The Hall–Kier alpha value is -8.08. The molecule has 0 aliphatic rings. The largest absolute Gasteiger partial charge is 0.264 e. The lowest BCUT2D eigenvalue weighted by molar-refractivity contribution is 1.30. The highest BCUT2D eigenvalue weighted by atomic mass is 14.6. The van der Waals surface area contributed by atoms with Crippen LogP contribution in [0.15, 0.2) is 232 Å². The minimum absolute atomic E-state index is 1.04. The van der Waals surface area contributed by atoms with Gasteiger partial charge in [-0.25, -0.2) is 0 Å². The van der Waals surface area contributed by atoms with Crippen molar-refractivity contribution in [1.82, 2.24) is 19.9 Å². The first kappa shape index (κ1) is 36.3. The molecule has 4 nitrogen and oxygen atoms in total. The second kappa shape index (κ2) is 16.4. The molecule has 282 valence electrons. The molecule has 0 amide bonds. The summed E-state index contributed by atoms with van der Waals surface area (Å²) in [5.74, 6) is 0.